The van der Waals surface area contributed by atoms with Crippen LogP contribution in [0.25, 0.3) is 0 Å². The molecule has 0 saturated heterocycles. The highest BCUT2D eigenvalue weighted by molar-refractivity contribution is 5.77. The van der Waals surface area contributed by atoms with Gasteiger partial charge >= 0.3 is 0 Å². The average Bonchev–Trinajstić information content (AvgIpc) is 2.66. The van der Waals surface area contributed by atoms with Gasteiger partial charge in [-0.25, -0.2) is 0 Å². The Kier molecular flexibility index (Phi) is 7.96. The number of ether oxygens (including phenoxy) is 1. The minimum atomic E-state index is -0.375. The number of guanidine groups is 1. The summed E-state index contributed by atoms with van der Waals surface area (Å²) in [6.45, 7) is 3.07. The van der Waals surface area contributed by atoms with Crippen LogP contribution in [0.4, 0.5) is 0 Å². The normalized spacial score (nSPS) is 13.9. The third kappa shape index (κ3) is 6.76. The molecule has 5 nitrogen and oxygen atoms in total. The second kappa shape index (κ2) is 10.5. The van der Waals surface area contributed by atoms with E-state index in [0.29, 0.717) is 25.5 Å². The highest BCUT2D eigenvalue weighted by Gasteiger charge is 2.13. The van der Waals surface area contributed by atoms with Crippen LogP contribution in [0.2, 0.25) is 0 Å². The molecule has 2 unspecified atom stereocenters. The topological polar surface area (TPSA) is 79.9 Å². The van der Waals surface area contributed by atoms with Crippen LogP contribution in [0.3, 0.4) is 0 Å². The molecule has 0 heterocycles. The number of rotatable bonds is 9. The Morgan fingerprint density at radius 1 is 1.15 bits per heavy atom. The maximum absolute atomic E-state index is 9.75. The number of nitrogens with one attached hydrogen (secondary N) is 1. The molecule has 2 aromatic carbocycles. The van der Waals surface area contributed by atoms with Crippen molar-refractivity contribution < 1.29 is 9.84 Å². The Hall–Kier alpha value is -2.53. The number of aliphatic hydroxyl groups is 1. The first-order valence-electron chi connectivity index (χ1n) is 8.98. The predicted molar refractivity (Wildman–Crippen MR) is 107 cm³/mol. The summed E-state index contributed by atoms with van der Waals surface area (Å²) in [7, 11) is 1.66. The Balaban J connectivity index is 1.84. The highest BCUT2D eigenvalue weighted by atomic mass is 16.5. The van der Waals surface area contributed by atoms with E-state index in [0.717, 1.165) is 12.2 Å². The summed E-state index contributed by atoms with van der Waals surface area (Å²) in [4.78, 5) is 4.46. The third-order valence-electron chi connectivity index (χ3n) is 4.26. The van der Waals surface area contributed by atoms with Gasteiger partial charge in [-0.1, -0.05) is 42.5 Å². The molecular formula is C21H29N3O2. The fourth-order valence-electron chi connectivity index (χ4n) is 2.84. The molecule has 26 heavy (non-hydrogen) atoms. The maximum atomic E-state index is 9.75. The van der Waals surface area contributed by atoms with E-state index < -0.39 is 0 Å². The molecule has 0 aromatic heterocycles. The summed E-state index contributed by atoms with van der Waals surface area (Å²) in [5.74, 6) is 1.44. The minimum absolute atomic E-state index is 0.151. The van der Waals surface area contributed by atoms with Crippen LogP contribution in [-0.2, 0) is 6.42 Å². The molecule has 0 bridgehead atoms. The lowest BCUT2D eigenvalue weighted by molar-refractivity contribution is 0.175. The van der Waals surface area contributed by atoms with E-state index in [9.17, 15) is 5.11 Å². The summed E-state index contributed by atoms with van der Waals surface area (Å²) in [5.41, 5.74) is 8.38. The largest absolute Gasteiger partial charge is 0.497 e. The first-order chi connectivity index (χ1) is 12.6. The predicted octanol–water partition coefficient (Wildman–Crippen LogP) is 2.70. The van der Waals surface area contributed by atoms with Crippen molar-refractivity contribution in [2.75, 3.05) is 20.2 Å². The lowest BCUT2D eigenvalue weighted by Crippen LogP contribution is -2.33. The molecule has 0 aliphatic carbocycles. The van der Waals surface area contributed by atoms with Gasteiger partial charge in [0.25, 0.3) is 0 Å². The number of benzene rings is 2. The van der Waals surface area contributed by atoms with Gasteiger partial charge in [-0.3, -0.25) is 4.99 Å². The summed E-state index contributed by atoms with van der Waals surface area (Å²) >= 11 is 0. The zero-order valence-electron chi connectivity index (χ0n) is 15.6. The molecular weight excluding hydrogens is 326 g/mol. The molecule has 0 saturated carbocycles. The summed E-state index contributed by atoms with van der Waals surface area (Å²) < 4.78 is 5.16. The Bertz CT molecular complexity index is 669. The third-order valence-corrected chi connectivity index (χ3v) is 4.26. The van der Waals surface area contributed by atoms with Crippen molar-refractivity contribution in [1.82, 2.24) is 5.32 Å². The van der Waals surface area contributed by atoms with Gasteiger partial charge in [0, 0.05) is 19.0 Å². The number of hydrogen-bond acceptors (Lipinski definition) is 3. The Labute approximate surface area is 155 Å². The Morgan fingerprint density at radius 3 is 2.46 bits per heavy atom. The van der Waals surface area contributed by atoms with Crippen LogP contribution in [0.1, 0.15) is 30.4 Å². The van der Waals surface area contributed by atoms with Gasteiger partial charge in [0.2, 0.25) is 0 Å². The van der Waals surface area contributed by atoms with E-state index >= 15 is 0 Å². The molecule has 0 amide bonds. The first kappa shape index (κ1) is 19.8. The second-order valence-corrected chi connectivity index (χ2v) is 6.44. The number of hydrogen-bond donors (Lipinski definition) is 3. The van der Waals surface area contributed by atoms with Gasteiger partial charge in [-0.15, -0.1) is 0 Å². The number of nitrogens with two attached hydrogens (primary N) is 1. The van der Waals surface area contributed by atoms with Crippen LogP contribution < -0.4 is 15.8 Å². The zero-order chi connectivity index (χ0) is 18.8. The van der Waals surface area contributed by atoms with E-state index in [1.807, 2.05) is 42.5 Å². The van der Waals surface area contributed by atoms with Gasteiger partial charge < -0.3 is 20.9 Å². The van der Waals surface area contributed by atoms with Crippen molar-refractivity contribution in [3.05, 3.63) is 65.7 Å². The fraction of sp³-hybridized carbons (Fsp3) is 0.381. The standard InChI is InChI=1S/C21H29N3O2/c1-16(25)14-19(18-6-4-3-5-7-18)15-24-21(22)23-13-12-17-8-10-20(26-2)11-9-17/h3-11,16,19,25H,12-15H2,1-2H3,(H3,22,23,24). The van der Waals surface area contributed by atoms with Crippen LogP contribution in [-0.4, -0.2) is 37.4 Å². The maximum Gasteiger partial charge on any atom is 0.188 e. The van der Waals surface area contributed by atoms with Gasteiger partial charge in [0.15, 0.2) is 5.96 Å². The van der Waals surface area contributed by atoms with Crippen LogP contribution >= 0.6 is 0 Å². The molecule has 0 fully saturated rings. The highest BCUT2D eigenvalue weighted by Crippen LogP contribution is 2.21. The second-order valence-electron chi connectivity index (χ2n) is 6.44. The summed E-state index contributed by atoms with van der Waals surface area (Å²) in [6, 6.07) is 18.1. The number of methoxy groups -OCH3 is 1. The van der Waals surface area contributed by atoms with Gasteiger partial charge in [-0.2, -0.15) is 0 Å². The lowest BCUT2D eigenvalue weighted by Gasteiger charge is -2.17. The van der Waals surface area contributed by atoms with Gasteiger partial charge in [-0.05, 0) is 43.0 Å². The molecule has 2 aromatic rings. The van der Waals surface area contributed by atoms with E-state index in [2.05, 4.69) is 22.4 Å². The number of nitrogens with zero attached hydrogens (tertiary/aromatic N) is 1. The SMILES string of the molecule is COc1ccc(CCNC(N)=NCC(CC(C)O)c2ccccc2)cc1. The van der Waals surface area contributed by atoms with Crippen molar-refractivity contribution in [2.45, 2.75) is 31.8 Å². The Morgan fingerprint density at radius 2 is 1.85 bits per heavy atom. The number of aliphatic imine (C=N–C) groups is 1. The molecule has 0 spiro atoms. The summed E-state index contributed by atoms with van der Waals surface area (Å²) in [5, 5.41) is 12.9. The molecule has 2 rings (SSSR count). The molecule has 5 heteroatoms. The van der Waals surface area contributed by atoms with Crippen molar-refractivity contribution in [2.24, 2.45) is 10.7 Å². The van der Waals surface area contributed by atoms with Crippen LogP contribution in [0.5, 0.6) is 5.75 Å². The van der Waals surface area contributed by atoms with E-state index in [-0.39, 0.29) is 12.0 Å². The monoisotopic (exact) mass is 355 g/mol. The summed E-state index contributed by atoms with van der Waals surface area (Å²) in [6.07, 6.45) is 1.14. The smallest absolute Gasteiger partial charge is 0.188 e. The van der Waals surface area contributed by atoms with Gasteiger partial charge in [0.05, 0.1) is 13.2 Å². The molecule has 0 aliphatic rings. The van der Waals surface area contributed by atoms with E-state index in [1.54, 1.807) is 14.0 Å². The number of aliphatic hydroxyl groups excluding tert-OH is 1. The van der Waals surface area contributed by atoms with Crippen LogP contribution in [0.15, 0.2) is 59.6 Å². The van der Waals surface area contributed by atoms with Gasteiger partial charge in [0.1, 0.15) is 5.75 Å². The molecule has 4 N–H and O–H groups in total. The minimum Gasteiger partial charge on any atom is -0.497 e. The fourth-order valence-corrected chi connectivity index (χ4v) is 2.84. The van der Waals surface area contributed by atoms with Crippen molar-refractivity contribution in [3.8, 4) is 5.75 Å². The van der Waals surface area contributed by atoms with E-state index in [4.69, 9.17) is 10.5 Å². The molecule has 0 aliphatic heterocycles. The van der Waals surface area contributed by atoms with Crippen molar-refractivity contribution >= 4 is 5.96 Å². The van der Waals surface area contributed by atoms with Crippen molar-refractivity contribution in [1.29, 1.82) is 0 Å². The van der Waals surface area contributed by atoms with Crippen LogP contribution in [0, 0.1) is 0 Å². The molecule has 2 atom stereocenters. The molecule has 140 valence electrons. The lowest BCUT2D eigenvalue weighted by atomic mass is 9.93. The first-order valence-corrected chi connectivity index (χ1v) is 8.98. The quantitative estimate of drug-likeness (QED) is 0.477. The molecule has 0 radical (unpaired) electrons. The van der Waals surface area contributed by atoms with E-state index in [1.165, 1.54) is 11.1 Å². The van der Waals surface area contributed by atoms with Crippen molar-refractivity contribution in [3.63, 3.8) is 0 Å². The average molecular weight is 355 g/mol. The zero-order valence-corrected chi connectivity index (χ0v) is 15.6.